The van der Waals surface area contributed by atoms with Crippen molar-refractivity contribution in [3.05, 3.63) is 24.3 Å². The minimum absolute atomic E-state index is 0.412. The quantitative estimate of drug-likeness (QED) is 0.697. The molecular weight excluding hydrogens is 198 g/mol. The molecule has 0 unspecified atom stereocenters. The van der Waals surface area contributed by atoms with Crippen LogP contribution in [0.1, 0.15) is 0 Å². The van der Waals surface area contributed by atoms with Crippen molar-refractivity contribution in [3.63, 3.8) is 0 Å². The molecule has 0 bridgehead atoms. The summed E-state index contributed by atoms with van der Waals surface area (Å²) in [6, 6.07) is 7.39. The Morgan fingerprint density at radius 1 is 1.21 bits per heavy atom. The van der Waals surface area contributed by atoms with Gasteiger partial charge in [-0.25, -0.2) is 0 Å². The molecule has 0 spiro atoms. The Bertz CT molecular complexity index is 326. The standard InChI is InChI=1S/C10H13NO2S/c1-11(2)10(14)13-9-7-5-4-6-8(9)12-3/h4-7H,1-3H3. The first-order valence-electron chi connectivity index (χ1n) is 4.17. The number of methoxy groups -OCH3 is 1. The number of hydrogen-bond donors (Lipinski definition) is 0. The van der Waals surface area contributed by atoms with Gasteiger partial charge in [0, 0.05) is 14.1 Å². The third-order valence-electron chi connectivity index (χ3n) is 1.63. The first-order chi connectivity index (χ1) is 6.65. The van der Waals surface area contributed by atoms with Crippen molar-refractivity contribution in [3.8, 4) is 11.5 Å². The Labute approximate surface area is 89.2 Å². The molecule has 76 valence electrons. The van der Waals surface area contributed by atoms with Gasteiger partial charge in [-0.1, -0.05) is 12.1 Å². The van der Waals surface area contributed by atoms with Crippen LogP contribution in [0.3, 0.4) is 0 Å². The zero-order valence-electron chi connectivity index (χ0n) is 8.48. The SMILES string of the molecule is COc1ccccc1OC(=S)N(C)C. The number of thiocarbonyl (C=S) groups is 1. The molecule has 0 aromatic heterocycles. The summed E-state index contributed by atoms with van der Waals surface area (Å²) in [5.74, 6) is 1.31. The van der Waals surface area contributed by atoms with Crippen LogP contribution in [0.5, 0.6) is 11.5 Å². The molecule has 0 aliphatic carbocycles. The summed E-state index contributed by atoms with van der Waals surface area (Å²) in [6.45, 7) is 0. The Morgan fingerprint density at radius 3 is 2.29 bits per heavy atom. The predicted octanol–water partition coefficient (Wildman–Crippen LogP) is 1.92. The summed E-state index contributed by atoms with van der Waals surface area (Å²) < 4.78 is 10.6. The fraction of sp³-hybridized carbons (Fsp3) is 0.300. The van der Waals surface area contributed by atoms with Crippen LogP contribution in [0.25, 0.3) is 0 Å². The van der Waals surface area contributed by atoms with Crippen molar-refractivity contribution in [1.82, 2.24) is 4.90 Å². The molecule has 4 heteroatoms. The van der Waals surface area contributed by atoms with Crippen molar-refractivity contribution in [2.24, 2.45) is 0 Å². The second-order valence-corrected chi connectivity index (χ2v) is 3.26. The van der Waals surface area contributed by atoms with Crippen molar-refractivity contribution in [2.75, 3.05) is 21.2 Å². The normalized spacial score (nSPS) is 9.36. The van der Waals surface area contributed by atoms with Crippen LogP contribution in [-0.2, 0) is 0 Å². The van der Waals surface area contributed by atoms with E-state index in [1.165, 1.54) is 0 Å². The maximum atomic E-state index is 5.43. The summed E-state index contributed by atoms with van der Waals surface area (Å²) in [5, 5.41) is 0.412. The van der Waals surface area contributed by atoms with Gasteiger partial charge in [-0.05, 0) is 24.4 Å². The molecule has 0 saturated carbocycles. The zero-order valence-corrected chi connectivity index (χ0v) is 9.30. The van der Waals surface area contributed by atoms with Crippen LogP contribution in [0.15, 0.2) is 24.3 Å². The lowest BCUT2D eigenvalue weighted by molar-refractivity contribution is 0.378. The van der Waals surface area contributed by atoms with Crippen LogP contribution in [-0.4, -0.2) is 31.3 Å². The van der Waals surface area contributed by atoms with Crippen molar-refractivity contribution in [2.45, 2.75) is 0 Å². The average Bonchev–Trinajstić information content (AvgIpc) is 2.18. The lowest BCUT2D eigenvalue weighted by Gasteiger charge is -2.15. The molecular formula is C10H13NO2S. The number of benzene rings is 1. The molecule has 0 heterocycles. The maximum absolute atomic E-state index is 5.43. The van der Waals surface area contributed by atoms with Crippen LogP contribution >= 0.6 is 12.2 Å². The van der Waals surface area contributed by atoms with E-state index in [0.717, 1.165) is 0 Å². The number of para-hydroxylation sites is 2. The summed E-state index contributed by atoms with van der Waals surface area (Å²) >= 11 is 5.02. The van der Waals surface area contributed by atoms with Crippen LogP contribution in [0, 0.1) is 0 Å². The zero-order chi connectivity index (χ0) is 10.6. The van der Waals surface area contributed by atoms with Gasteiger partial charge in [-0.15, -0.1) is 0 Å². The van der Waals surface area contributed by atoms with Gasteiger partial charge in [0.2, 0.25) is 0 Å². The fourth-order valence-electron chi connectivity index (χ4n) is 0.888. The third kappa shape index (κ3) is 2.60. The summed E-state index contributed by atoms with van der Waals surface area (Å²) in [7, 11) is 5.26. The molecule has 14 heavy (non-hydrogen) atoms. The lowest BCUT2D eigenvalue weighted by Crippen LogP contribution is -2.25. The summed E-state index contributed by atoms with van der Waals surface area (Å²) in [6.07, 6.45) is 0. The number of rotatable bonds is 2. The van der Waals surface area contributed by atoms with E-state index in [4.69, 9.17) is 21.7 Å². The highest BCUT2D eigenvalue weighted by molar-refractivity contribution is 7.80. The number of nitrogens with zero attached hydrogens (tertiary/aromatic N) is 1. The van der Waals surface area contributed by atoms with Gasteiger partial charge in [0.25, 0.3) is 5.17 Å². The van der Waals surface area contributed by atoms with Crippen molar-refractivity contribution < 1.29 is 9.47 Å². The van der Waals surface area contributed by atoms with Gasteiger partial charge in [0.15, 0.2) is 11.5 Å². The second-order valence-electron chi connectivity index (χ2n) is 2.91. The molecule has 0 fully saturated rings. The topological polar surface area (TPSA) is 21.7 Å². The van der Waals surface area contributed by atoms with Crippen LogP contribution < -0.4 is 9.47 Å². The third-order valence-corrected chi connectivity index (χ3v) is 2.08. The fourth-order valence-corrected chi connectivity index (χ4v) is 0.978. The summed E-state index contributed by atoms with van der Waals surface area (Å²) in [4.78, 5) is 1.72. The van der Waals surface area contributed by atoms with E-state index in [0.29, 0.717) is 16.7 Å². The van der Waals surface area contributed by atoms with E-state index in [1.54, 1.807) is 12.0 Å². The Balaban J connectivity index is 2.80. The van der Waals surface area contributed by atoms with Gasteiger partial charge in [-0.3, -0.25) is 0 Å². The molecule has 1 rings (SSSR count). The summed E-state index contributed by atoms with van der Waals surface area (Å²) in [5.41, 5.74) is 0. The van der Waals surface area contributed by atoms with E-state index >= 15 is 0 Å². The average molecular weight is 211 g/mol. The van der Waals surface area contributed by atoms with E-state index in [-0.39, 0.29) is 0 Å². The first-order valence-corrected chi connectivity index (χ1v) is 4.58. The Hall–Kier alpha value is -1.29. The molecule has 0 aliphatic rings. The molecule has 0 aliphatic heterocycles. The monoisotopic (exact) mass is 211 g/mol. The minimum Gasteiger partial charge on any atom is -0.493 e. The van der Waals surface area contributed by atoms with Crippen molar-refractivity contribution >= 4 is 17.4 Å². The van der Waals surface area contributed by atoms with Gasteiger partial charge in [0.1, 0.15) is 0 Å². The predicted molar refractivity (Wildman–Crippen MR) is 59.9 cm³/mol. The number of hydrogen-bond acceptors (Lipinski definition) is 3. The largest absolute Gasteiger partial charge is 0.493 e. The highest BCUT2D eigenvalue weighted by atomic mass is 32.1. The van der Waals surface area contributed by atoms with Crippen LogP contribution in [0.4, 0.5) is 0 Å². The van der Waals surface area contributed by atoms with Crippen molar-refractivity contribution in [1.29, 1.82) is 0 Å². The maximum Gasteiger partial charge on any atom is 0.264 e. The molecule has 1 aromatic carbocycles. The van der Waals surface area contributed by atoms with Gasteiger partial charge in [0.05, 0.1) is 7.11 Å². The van der Waals surface area contributed by atoms with Crippen LogP contribution in [0.2, 0.25) is 0 Å². The van der Waals surface area contributed by atoms with Gasteiger partial charge < -0.3 is 14.4 Å². The molecule has 0 radical (unpaired) electrons. The Morgan fingerprint density at radius 2 is 1.79 bits per heavy atom. The molecule has 0 amide bonds. The Kier molecular flexibility index (Phi) is 3.71. The number of ether oxygens (including phenoxy) is 2. The lowest BCUT2D eigenvalue weighted by atomic mass is 10.3. The van der Waals surface area contributed by atoms with Gasteiger partial charge in [-0.2, -0.15) is 0 Å². The minimum atomic E-state index is 0.412. The molecule has 3 nitrogen and oxygen atoms in total. The second kappa shape index (κ2) is 4.81. The highest BCUT2D eigenvalue weighted by Crippen LogP contribution is 2.26. The van der Waals surface area contributed by atoms with E-state index in [2.05, 4.69) is 0 Å². The first kappa shape index (κ1) is 10.8. The molecule has 0 saturated heterocycles. The van der Waals surface area contributed by atoms with E-state index in [1.807, 2.05) is 38.4 Å². The smallest absolute Gasteiger partial charge is 0.264 e. The highest BCUT2D eigenvalue weighted by Gasteiger charge is 2.06. The van der Waals surface area contributed by atoms with Gasteiger partial charge >= 0.3 is 0 Å². The van der Waals surface area contributed by atoms with E-state index < -0.39 is 0 Å². The molecule has 0 N–H and O–H groups in total. The van der Waals surface area contributed by atoms with E-state index in [9.17, 15) is 0 Å². The molecule has 1 aromatic rings. The molecule has 0 atom stereocenters.